The molecule has 1 fully saturated rings. The molecule has 20 heavy (non-hydrogen) atoms. The highest BCUT2D eigenvalue weighted by Gasteiger charge is 2.45. The number of amides is 1. The maximum atomic E-state index is 12.4. The van der Waals surface area contributed by atoms with Crippen LogP contribution in [0.1, 0.15) is 31.7 Å². The van der Waals surface area contributed by atoms with Crippen molar-refractivity contribution >= 4 is 11.9 Å². The van der Waals surface area contributed by atoms with Gasteiger partial charge in [-0.1, -0.05) is 44.2 Å². The molecule has 2 atom stereocenters. The lowest BCUT2D eigenvalue weighted by atomic mass is 10.1. The number of carbonyl (C=O) groups is 2. The maximum absolute atomic E-state index is 12.4. The summed E-state index contributed by atoms with van der Waals surface area (Å²) in [6.07, 6.45) is 0.830. The molecule has 0 bridgehead atoms. The topological polar surface area (TPSA) is 57.6 Å². The van der Waals surface area contributed by atoms with Crippen molar-refractivity contribution in [1.82, 2.24) is 4.90 Å². The first-order valence-corrected chi connectivity index (χ1v) is 7.04. The van der Waals surface area contributed by atoms with Gasteiger partial charge in [0, 0.05) is 12.5 Å². The summed E-state index contributed by atoms with van der Waals surface area (Å²) < 4.78 is 0. The van der Waals surface area contributed by atoms with Gasteiger partial charge < -0.3 is 10.0 Å². The van der Waals surface area contributed by atoms with Crippen molar-refractivity contribution in [3.05, 3.63) is 35.9 Å². The molecule has 1 aromatic rings. The molecule has 0 aliphatic heterocycles. The Morgan fingerprint density at radius 3 is 2.50 bits per heavy atom. The second-order valence-corrected chi connectivity index (χ2v) is 5.87. The van der Waals surface area contributed by atoms with Crippen LogP contribution in [-0.2, 0) is 9.59 Å². The molecule has 2 unspecified atom stereocenters. The predicted octanol–water partition coefficient (Wildman–Crippen LogP) is 2.36. The van der Waals surface area contributed by atoms with E-state index in [1.54, 1.807) is 0 Å². The van der Waals surface area contributed by atoms with Gasteiger partial charge in [0.25, 0.3) is 0 Å². The van der Waals surface area contributed by atoms with E-state index < -0.39 is 5.97 Å². The smallest absolute Gasteiger partial charge is 0.323 e. The van der Waals surface area contributed by atoms with Crippen LogP contribution in [0.3, 0.4) is 0 Å². The molecule has 1 saturated carbocycles. The van der Waals surface area contributed by atoms with Crippen LogP contribution in [0.15, 0.2) is 30.3 Å². The molecular formula is C16H21NO3. The molecule has 0 radical (unpaired) electrons. The van der Waals surface area contributed by atoms with E-state index >= 15 is 0 Å². The third kappa shape index (κ3) is 3.59. The Hall–Kier alpha value is -1.84. The van der Waals surface area contributed by atoms with E-state index in [-0.39, 0.29) is 30.2 Å². The lowest BCUT2D eigenvalue weighted by Gasteiger charge is -2.23. The van der Waals surface area contributed by atoms with Gasteiger partial charge in [-0.15, -0.1) is 0 Å². The van der Waals surface area contributed by atoms with E-state index in [4.69, 9.17) is 5.11 Å². The highest BCUT2D eigenvalue weighted by molar-refractivity contribution is 5.86. The molecule has 2 rings (SSSR count). The fraction of sp³-hybridized carbons (Fsp3) is 0.500. The van der Waals surface area contributed by atoms with Gasteiger partial charge in [-0.05, 0) is 23.8 Å². The molecule has 1 aliphatic rings. The van der Waals surface area contributed by atoms with E-state index in [9.17, 15) is 9.59 Å². The maximum Gasteiger partial charge on any atom is 0.323 e. The molecule has 4 heteroatoms. The monoisotopic (exact) mass is 275 g/mol. The molecule has 1 N–H and O–H groups in total. The molecule has 0 heterocycles. The molecule has 0 spiro atoms. The second-order valence-electron chi connectivity index (χ2n) is 5.87. The van der Waals surface area contributed by atoms with E-state index in [1.165, 1.54) is 10.5 Å². The van der Waals surface area contributed by atoms with Gasteiger partial charge in [0.15, 0.2) is 0 Å². The molecule has 0 saturated heterocycles. The Balaban J connectivity index is 2.01. The van der Waals surface area contributed by atoms with Crippen molar-refractivity contribution < 1.29 is 14.7 Å². The average Bonchev–Trinajstić information content (AvgIpc) is 3.17. The van der Waals surface area contributed by atoms with Gasteiger partial charge in [-0.25, -0.2) is 0 Å². The summed E-state index contributed by atoms with van der Waals surface area (Å²) in [5.74, 6) is -0.485. The zero-order valence-corrected chi connectivity index (χ0v) is 12.0. The largest absolute Gasteiger partial charge is 0.480 e. The standard InChI is InChI=1S/C16H21NO3/c1-11(2)9-17(10-15(18)19)16(20)14-8-13(14)12-6-4-3-5-7-12/h3-7,11,13-14H,8-10H2,1-2H3,(H,18,19). The number of benzene rings is 1. The van der Waals surface area contributed by atoms with Crippen LogP contribution < -0.4 is 0 Å². The molecular weight excluding hydrogens is 254 g/mol. The van der Waals surface area contributed by atoms with E-state index in [1.807, 2.05) is 44.2 Å². The van der Waals surface area contributed by atoms with Crippen molar-refractivity contribution in [3.8, 4) is 0 Å². The summed E-state index contributed by atoms with van der Waals surface area (Å²) >= 11 is 0. The number of nitrogens with zero attached hydrogens (tertiary/aromatic N) is 1. The minimum Gasteiger partial charge on any atom is -0.480 e. The van der Waals surface area contributed by atoms with Crippen molar-refractivity contribution in [2.45, 2.75) is 26.2 Å². The van der Waals surface area contributed by atoms with Gasteiger partial charge in [-0.2, -0.15) is 0 Å². The molecule has 0 aromatic heterocycles. The summed E-state index contributed by atoms with van der Waals surface area (Å²) in [7, 11) is 0. The molecule has 4 nitrogen and oxygen atoms in total. The predicted molar refractivity (Wildman–Crippen MR) is 76.3 cm³/mol. The SMILES string of the molecule is CC(C)CN(CC(=O)O)C(=O)C1CC1c1ccccc1. The Bertz CT molecular complexity index is 484. The normalized spacial score (nSPS) is 20.8. The van der Waals surface area contributed by atoms with Crippen molar-refractivity contribution in [1.29, 1.82) is 0 Å². The van der Waals surface area contributed by atoms with Crippen molar-refractivity contribution in [2.75, 3.05) is 13.1 Å². The highest BCUT2D eigenvalue weighted by atomic mass is 16.4. The Morgan fingerprint density at radius 2 is 1.95 bits per heavy atom. The summed E-state index contributed by atoms with van der Waals surface area (Å²) in [5, 5.41) is 8.94. The molecule has 1 aromatic carbocycles. The van der Waals surface area contributed by atoms with Crippen LogP contribution in [0.25, 0.3) is 0 Å². The fourth-order valence-corrected chi connectivity index (χ4v) is 2.61. The van der Waals surface area contributed by atoms with Crippen molar-refractivity contribution in [3.63, 3.8) is 0 Å². The lowest BCUT2D eigenvalue weighted by molar-refractivity contribution is -0.145. The molecule has 1 amide bonds. The first kappa shape index (κ1) is 14.6. The number of carboxylic acids is 1. The summed E-state index contributed by atoms with van der Waals surface area (Å²) in [5.41, 5.74) is 1.17. The fourth-order valence-electron chi connectivity index (χ4n) is 2.61. The van der Waals surface area contributed by atoms with E-state index in [2.05, 4.69) is 0 Å². The number of rotatable bonds is 6. The quantitative estimate of drug-likeness (QED) is 0.867. The second kappa shape index (κ2) is 6.07. The minimum absolute atomic E-state index is 0.0186. The molecule has 1 aliphatic carbocycles. The summed E-state index contributed by atoms with van der Waals surface area (Å²) in [4.78, 5) is 24.8. The Morgan fingerprint density at radius 1 is 1.30 bits per heavy atom. The summed E-state index contributed by atoms with van der Waals surface area (Å²) in [6.45, 7) is 4.28. The Labute approximate surface area is 119 Å². The minimum atomic E-state index is -0.948. The number of carboxylic acid groups (broad SMARTS) is 1. The van der Waals surface area contributed by atoms with Crippen LogP contribution in [0.5, 0.6) is 0 Å². The lowest BCUT2D eigenvalue weighted by Crippen LogP contribution is -2.39. The number of aliphatic carboxylic acids is 1. The van der Waals surface area contributed by atoms with Gasteiger partial charge in [0.1, 0.15) is 6.54 Å². The van der Waals surface area contributed by atoms with Crippen LogP contribution >= 0.6 is 0 Å². The number of hydrogen-bond acceptors (Lipinski definition) is 2. The van der Waals surface area contributed by atoms with Crippen molar-refractivity contribution in [2.24, 2.45) is 11.8 Å². The third-order valence-electron chi connectivity index (χ3n) is 3.56. The van der Waals surface area contributed by atoms with Gasteiger partial charge in [-0.3, -0.25) is 9.59 Å². The first-order chi connectivity index (χ1) is 9.49. The molecule has 108 valence electrons. The highest BCUT2D eigenvalue weighted by Crippen LogP contribution is 2.48. The zero-order chi connectivity index (χ0) is 14.7. The number of hydrogen-bond donors (Lipinski definition) is 1. The third-order valence-corrected chi connectivity index (χ3v) is 3.56. The van der Waals surface area contributed by atoms with Crippen LogP contribution in [0.4, 0.5) is 0 Å². The van der Waals surface area contributed by atoms with E-state index in [0.29, 0.717) is 6.54 Å². The number of carbonyl (C=O) groups excluding carboxylic acids is 1. The van der Waals surface area contributed by atoms with Gasteiger partial charge in [0.2, 0.25) is 5.91 Å². The average molecular weight is 275 g/mol. The van der Waals surface area contributed by atoms with Gasteiger partial charge in [0.05, 0.1) is 0 Å². The van der Waals surface area contributed by atoms with Crippen LogP contribution in [0, 0.1) is 11.8 Å². The Kier molecular flexibility index (Phi) is 4.42. The van der Waals surface area contributed by atoms with Gasteiger partial charge >= 0.3 is 5.97 Å². The van der Waals surface area contributed by atoms with Crippen LogP contribution in [0.2, 0.25) is 0 Å². The van der Waals surface area contributed by atoms with E-state index in [0.717, 1.165) is 6.42 Å². The first-order valence-electron chi connectivity index (χ1n) is 7.04. The van der Waals surface area contributed by atoms with Crippen LogP contribution in [-0.4, -0.2) is 35.0 Å². The zero-order valence-electron chi connectivity index (χ0n) is 12.0. The summed E-state index contributed by atoms with van der Waals surface area (Å²) in [6, 6.07) is 9.96.